The molecule has 152 valence electrons. The highest BCUT2D eigenvalue weighted by Gasteiger charge is 2.34. The Hall–Kier alpha value is -2.80. The standard InChI is InChI=1S/C21H26O7/c1-13(15(11-25-4)20(24)26-5)16(22)8-6-14-7-9-17-18(10-14)28-21(2,3)19(23)12-27-17/h6-11,13,19,23H,12H2,1-5H3. The Balaban J connectivity index is 2.20. The van der Waals surface area contributed by atoms with Crippen LogP contribution >= 0.6 is 0 Å². The molecule has 1 aromatic rings. The fraction of sp³-hybridized carbons (Fsp3) is 0.429. The van der Waals surface area contributed by atoms with Crippen LogP contribution in [0.1, 0.15) is 26.3 Å². The molecular formula is C21H26O7. The normalized spacial score (nSPS) is 19.6. The van der Waals surface area contributed by atoms with Crippen molar-refractivity contribution in [2.24, 2.45) is 5.92 Å². The number of aliphatic hydroxyl groups is 1. The number of ketones is 1. The predicted molar refractivity (Wildman–Crippen MR) is 103 cm³/mol. The van der Waals surface area contributed by atoms with Gasteiger partial charge in [-0.05, 0) is 37.6 Å². The van der Waals surface area contributed by atoms with E-state index < -0.39 is 23.6 Å². The summed E-state index contributed by atoms with van der Waals surface area (Å²) in [4.78, 5) is 24.3. The molecule has 7 heteroatoms. The summed E-state index contributed by atoms with van der Waals surface area (Å²) in [5, 5.41) is 10.1. The van der Waals surface area contributed by atoms with Gasteiger partial charge in [-0.1, -0.05) is 19.1 Å². The summed E-state index contributed by atoms with van der Waals surface area (Å²) in [6.45, 7) is 5.29. The molecule has 0 spiro atoms. The predicted octanol–water partition coefficient (Wildman–Crippen LogP) is 2.52. The monoisotopic (exact) mass is 390 g/mol. The highest BCUT2D eigenvalue weighted by Crippen LogP contribution is 2.35. The van der Waals surface area contributed by atoms with Crippen molar-refractivity contribution in [1.82, 2.24) is 0 Å². The molecule has 1 N–H and O–H groups in total. The quantitative estimate of drug-likeness (QED) is 0.453. The van der Waals surface area contributed by atoms with Crippen LogP contribution in [-0.4, -0.2) is 49.4 Å². The van der Waals surface area contributed by atoms with Crippen LogP contribution in [0.15, 0.2) is 36.1 Å². The third-order valence-corrected chi connectivity index (χ3v) is 4.54. The lowest BCUT2D eigenvalue weighted by molar-refractivity contribution is -0.137. The van der Waals surface area contributed by atoms with Gasteiger partial charge in [0.15, 0.2) is 17.3 Å². The first-order valence-corrected chi connectivity index (χ1v) is 8.86. The zero-order valence-corrected chi connectivity index (χ0v) is 16.7. The van der Waals surface area contributed by atoms with Gasteiger partial charge in [-0.25, -0.2) is 4.79 Å². The lowest BCUT2D eigenvalue weighted by atomic mass is 9.96. The van der Waals surface area contributed by atoms with E-state index in [9.17, 15) is 14.7 Å². The van der Waals surface area contributed by atoms with E-state index in [-0.39, 0.29) is 18.0 Å². The van der Waals surface area contributed by atoms with Gasteiger partial charge in [-0.2, -0.15) is 0 Å². The summed E-state index contributed by atoms with van der Waals surface area (Å²) < 4.78 is 21.0. The molecule has 0 aliphatic carbocycles. The van der Waals surface area contributed by atoms with Crippen molar-refractivity contribution in [3.05, 3.63) is 41.7 Å². The van der Waals surface area contributed by atoms with Crippen molar-refractivity contribution in [2.45, 2.75) is 32.5 Å². The molecule has 0 bridgehead atoms. The lowest BCUT2D eigenvalue weighted by Crippen LogP contribution is -2.43. The number of aliphatic hydroxyl groups excluding tert-OH is 1. The van der Waals surface area contributed by atoms with Gasteiger partial charge in [0.25, 0.3) is 0 Å². The van der Waals surface area contributed by atoms with Crippen molar-refractivity contribution in [1.29, 1.82) is 0 Å². The molecule has 2 unspecified atom stereocenters. The van der Waals surface area contributed by atoms with Gasteiger partial charge < -0.3 is 24.1 Å². The third-order valence-electron chi connectivity index (χ3n) is 4.54. The fourth-order valence-electron chi connectivity index (χ4n) is 2.60. The summed E-state index contributed by atoms with van der Waals surface area (Å²) in [7, 11) is 2.64. The largest absolute Gasteiger partial charge is 0.504 e. The molecule has 2 rings (SSSR count). The van der Waals surface area contributed by atoms with Gasteiger partial charge in [0.05, 0.1) is 32.0 Å². The Morgan fingerprint density at radius 2 is 2.00 bits per heavy atom. The summed E-state index contributed by atoms with van der Waals surface area (Å²) >= 11 is 0. The van der Waals surface area contributed by atoms with E-state index in [1.165, 1.54) is 26.6 Å². The highest BCUT2D eigenvalue weighted by molar-refractivity contribution is 6.03. The van der Waals surface area contributed by atoms with E-state index in [0.717, 1.165) is 0 Å². The lowest BCUT2D eigenvalue weighted by Gasteiger charge is -2.28. The van der Waals surface area contributed by atoms with E-state index >= 15 is 0 Å². The number of rotatable bonds is 6. The maximum atomic E-state index is 12.5. The Morgan fingerprint density at radius 3 is 2.64 bits per heavy atom. The second kappa shape index (κ2) is 8.93. The van der Waals surface area contributed by atoms with E-state index in [1.54, 1.807) is 45.0 Å². The van der Waals surface area contributed by atoms with Gasteiger partial charge in [0.2, 0.25) is 0 Å². The number of benzene rings is 1. The summed E-state index contributed by atoms with van der Waals surface area (Å²) in [5.74, 6) is -0.613. The number of methoxy groups -OCH3 is 2. The smallest absolute Gasteiger partial charge is 0.337 e. The number of hydrogen-bond acceptors (Lipinski definition) is 7. The van der Waals surface area contributed by atoms with Crippen molar-refractivity contribution < 1.29 is 33.6 Å². The van der Waals surface area contributed by atoms with Gasteiger partial charge in [-0.3, -0.25) is 4.79 Å². The van der Waals surface area contributed by atoms with Crippen LogP contribution in [0.25, 0.3) is 6.08 Å². The zero-order chi connectivity index (χ0) is 20.9. The Labute approximate surface area is 164 Å². The topological polar surface area (TPSA) is 91.3 Å². The molecule has 1 aliphatic rings. The SMILES string of the molecule is COC=C(C(=O)OC)C(C)C(=O)C=Cc1ccc2c(c1)OC(C)(C)C(O)CO2. The van der Waals surface area contributed by atoms with Gasteiger partial charge in [-0.15, -0.1) is 0 Å². The van der Waals surface area contributed by atoms with E-state index in [0.29, 0.717) is 17.1 Å². The molecule has 7 nitrogen and oxygen atoms in total. The third kappa shape index (κ3) is 4.92. The molecular weight excluding hydrogens is 364 g/mol. The zero-order valence-electron chi connectivity index (χ0n) is 16.7. The molecule has 1 aliphatic heterocycles. The molecule has 28 heavy (non-hydrogen) atoms. The first-order chi connectivity index (χ1) is 13.2. The Bertz CT molecular complexity index is 792. The Kier molecular flexibility index (Phi) is 6.85. The van der Waals surface area contributed by atoms with Crippen LogP contribution in [0, 0.1) is 5.92 Å². The molecule has 0 radical (unpaired) electrons. The van der Waals surface area contributed by atoms with Crippen LogP contribution in [0.5, 0.6) is 11.5 Å². The van der Waals surface area contributed by atoms with Crippen molar-refractivity contribution in [2.75, 3.05) is 20.8 Å². The molecule has 0 saturated heterocycles. The second-order valence-corrected chi connectivity index (χ2v) is 7.00. The maximum absolute atomic E-state index is 12.5. The molecule has 1 heterocycles. The first kappa shape index (κ1) is 21.5. The molecule has 0 amide bonds. The van der Waals surface area contributed by atoms with Gasteiger partial charge >= 0.3 is 5.97 Å². The van der Waals surface area contributed by atoms with Gasteiger partial charge in [0, 0.05) is 0 Å². The van der Waals surface area contributed by atoms with Crippen LogP contribution in [-0.2, 0) is 19.1 Å². The minimum absolute atomic E-state index is 0.132. The van der Waals surface area contributed by atoms with Crippen molar-refractivity contribution >= 4 is 17.8 Å². The molecule has 1 aromatic carbocycles. The minimum atomic E-state index is -0.807. The number of esters is 1. The van der Waals surface area contributed by atoms with Crippen LogP contribution < -0.4 is 9.47 Å². The highest BCUT2D eigenvalue weighted by atomic mass is 16.6. The molecule has 0 fully saturated rings. The summed E-state index contributed by atoms with van der Waals surface area (Å²) in [5.41, 5.74) is 0.0395. The van der Waals surface area contributed by atoms with E-state index in [4.69, 9.17) is 14.2 Å². The maximum Gasteiger partial charge on any atom is 0.337 e. The average Bonchev–Trinajstić information content (AvgIpc) is 2.78. The fourth-order valence-corrected chi connectivity index (χ4v) is 2.60. The molecule has 0 aromatic heterocycles. The van der Waals surface area contributed by atoms with Gasteiger partial charge in [0.1, 0.15) is 18.3 Å². The van der Waals surface area contributed by atoms with Crippen molar-refractivity contribution in [3.8, 4) is 11.5 Å². The second-order valence-electron chi connectivity index (χ2n) is 7.00. The minimum Gasteiger partial charge on any atom is -0.504 e. The number of carbonyl (C=O) groups is 2. The van der Waals surface area contributed by atoms with Crippen LogP contribution in [0.4, 0.5) is 0 Å². The average molecular weight is 390 g/mol. The summed E-state index contributed by atoms with van der Waals surface area (Å²) in [6.07, 6.45) is 3.45. The van der Waals surface area contributed by atoms with Crippen LogP contribution in [0.2, 0.25) is 0 Å². The van der Waals surface area contributed by atoms with Crippen LogP contribution in [0.3, 0.4) is 0 Å². The number of hydrogen-bond donors (Lipinski definition) is 1. The Morgan fingerprint density at radius 1 is 1.29 bits per heavy atom. The van der Waals surface area contributed by atoms with Crippen molar-refractivity contribution in [3.63, 3.8) is 0 Å². The van der Waals surface area contributed by atoms with E-state index in [2.05, 4.69) is 4.74 Å². The van der Waals surface area contributed by atoms with E-state index in [1.807, 2.05) is 0 Å². The number of fused-ring (bicyclic) bond motifs is 1. The molecule has 2 atom stereocenters. The first-order valence-electron chi connectivity index (χ1n) is 8.86. The number of ether oxygens (including phenoxy) is 4. The number of carbonyl (C=O) groups excluding carboxylic acids is 2. The number of allylic oxidation sites excluding steroid dienone is 1. The summed E-state index contributed by atoms with van der Waals surface area (Å²) in [6, 6.07) is 5.23. The molecule has 0 saturated carbocycles.